The molecule has 0 saturated carbocycles. The number of hydrogen-bond acceptors (Lipinski definition) is 6. The molecule has 0 amide bonds. The molecule has 1 heterocycles. The number of benzene rings is 2. The summed E-state index contributed by atoms with van der Waals surface area (Å²) in [4.78, 5) is 41.6. The van der Waals surface area contributed by atoms with E-state index in [2.05, 4.69) is 10.3 Å². The van der Waals surface area contributed by atoms with Crippen LogP contribution in [-0.4, -0.2) is 31.3 Å². The van der Waals surface area contributed by atoms with Gasteiger partial charge in [0.15, 0.2) is 11.6 Å². The maximum absolute atomic E-state index is 14.5. The van der Waals surface area contributed by atoms with Crippen molar-refractivity contribution in [3.63, 3.8) is 0 Å². The monoisotopic (exact) mass is 518 g/mol. The van der Waals surface area contributed by atoms with Gasteiger partial charge in [0.25, 0.3) is 0 Å². The lowest BCUT2D eigenvalue weighted by Gasteiger charge is -2.24. The second kappa shape index (κ2) is 10.9. The molecule has 1 aromatic heterocycles. The first kappa shape index (κ1) is 26.9. The Labute approximate surface area is 212 Å². The zero-order valence-corrected chi connectivity index (χ0v) is 21.2. The van der Waals surface area contributed by atoms with E-state index in [0.29, 0.717) is 10.6 Å². The van der Waals surface area contributed by atoms with Crippen LogP contribution in [0.1, 0.15) is 39.7 Å². The van der Waals surface area contributed by atoms with Gasteiger partial charge in [0.2, 0.25) is 5.95 Å². The van der Waals surface area contributed by atoms with Gasteiger partial charge in [-0.3, -0.25) is 9.36 Å². The van der Waals surface area contributed by atoms with Crippen molar-refractivity contribution < 1.29 is 19.0 Å². The van der Waals surface area contributed by atoms with Crippen molar-refractivity contribution in [2.75, 3.05) is 5.32 Å². The fourth-order valence-corrected chi connectivity index (χ4v) is 3.75. The normalized spacial score (nSPS) is 11.5. The van der Waals surface area contributed by atoms with E-state index >= 15 is 0 Å². The van der Waals surface area contributed by atoms with Crippen LogP contribution in [0, 0.1) is 11.2 Å². The molecular formula is C25H28ClFN4O5. The van der Waals surface area contributed by atoms with Gasteiger partial charge >= 0.3 is 17.3 Å². The number of anilines is 2. The number of hydrogen-bond donors (Lipinski definition) is 2. The highest BCUT2D eigenvalue weighted by Gasteiger charge is 2.26. The zero-order chi connectivity index (χ0) is 26.6. The molecule has 11 heteroatoms. The molecule has 0 aliphatic rings. The van der Waals surface area contributed by atoms with E-state index < -0.39 is 28.6 Å². The Morgan fingerprint density at radius 2 is 1.83 bits per heavy atom. The molecule has 0 aliphatic heterocycles. The minimum atomic E-state index is -1.05. The van der Waals surface area contributed by atoms with Gasteiger partial charge in [0.1, 0.15) is 0 Å². The third-order valence-corrected chi connectivity index (χ3v) is 5.42. The molecule has 0 saturated heterocycles. The Morgan fingerprint density at radius 1 is 1.17 bits per heavy atom. The van der Waals surface area contributed by atoms with Gasteiger partial charge in [0.05, 0.1) is 19.1 Å². The molecule has 0 atom stereocenters. The highest BCUT2D eigenvalue weighted by molar-refractivity contribution is 6.30. The van der Waals surface area contributed by atoms with Gasteiger partial charge in [-0.25, -0.2) is 18.5 Å². The summed E-state index contributed by atoms with van der Waals surface area (Å²) in [6.07, 6.45) is -0.470. The molecule has 9 nitrogen and oxygen atoms in total. The standard InChI is InChI=1S/C25H28ClFN4O5/c1-15(2)36-20-10-9-18(11-19(20)27)28-22-29-23(34)31(14-25(3,4)12-21(32)33)24(35)30(22)13-16-5-7-17(26)8-6-16/h5-11,15H,12-14H2,1-4H3,(H,32,33)(H,28,29,34). The lowest BCUT2D eigenvalue weighted by molar-refractivity contribution is -0.139. The minimum absolute atomic E-state index is 0.0298. The number of carbonyl (C=O) groups is 1. The maximum Gasteiger partial charge on any atom is 0.354 e. The lowest BCUT2D eigenvalue weighted by Crippen LogP contribution is -2.45. The molecule has 3 rings (SSSR count). The molecule has 0 bridgehead atoms. The van der Waals surface area contributed by atoms with Gasteiger partial charge in [-0.1, -0.05) is 37.6 Å². The number of halogens is 2. The van der Waals surface area contributed by atoms with Crippen LogP contribution in [-0.2, 0) is 17.9 Å². The fraction of sp³-hybridized carbons (Fsp3) is 0.360. The number of nitrogens with zero attached hydrogens (tertiary/aromatic N) is 3. The van der Waals surface area contributed by atoms with Gasteiger partial charge in [-0.15, -0.1) is 0 Å². The molecule has 0 spiro atoms. The fourth-order valence-electron chi connectivity index (χ4n) is 3.63. The van der Waals surface area contributed by atoms with Gasteiger partial charge in [-0.05, 0) is 49.1 Å². The molecule has 3 aromatic rings. The first-order valence-corrected chi connectivity index (χ1v) is 11.6. The quantitative estimate of drug-likeness (QED) is 0.411. The van der Waals surface area contributed by atoms with Crippen LogP contribution in [0.2, 0.25) is 5.02 Å². The van der Waals surface area contributed by atoms with E-state index in [1.54, 1.807) is 58.0 Å². The summed E-state index contributed by atoms with van der Waals surface area (Å²) < 4.78 is 22.1. The zero-order valence-electron chi connectivity index (χ0n) is 20.4. The number of carboxylic acid groups (broad SMARTS) is 1. The van der Waals surface area contributed by atoms with Crippen molar-refractivity contribution in [1.29, 1.82) is 0 Å². The number of rotatable bonds is 10. The van der Waals surface area contributed by atoms with Crippen molar-refractivity contribution in [2.24, 2.45) is 5.41 Å². The highest BCUT2D eigenvalue weighted by atomic mass is 35.5. The average Bonchev–Trinajstić information content (AvgIpc) is 2.76. The topological polar surface area (TPSA) is 115 Å². The van der Waals surface area contributed by atoms with Crippen molar-refractivity contribution in [3.8, 4) is 5.75 Å². The van der Waals surface area contributed by atoms with Crippen LogP contribution < -0.4 is 21.4 Å². The van der Waals surface area contributed by atoms with E-state index in [0.717, 1.165) is 4.57 Å². The summed E-state index contributed by atoms with van der Waals surface area (Å²) in [7, 11) is 0. The smallest absolute Gasteiger partial charge is 0.354 e. The number of nitrogens with one attached hydrogen (secondary N) is 1. The predicted molar refractivity (Wildman–Crippen MR) is 135 cm³/mol. The Bertz CT molecular complexity index is 1370. The van der Waals surface area contributed by atoms with Crippen LogP contribution in [0.4, 0.5) is 16.0 Å². The lowest BCUT2D eigenvalue weighted by atomic mass is 9.89. The first-order valence-electron chi connectivity index (χ1n) is 11.3. The summed E-state index contributed by atoms with van der Waals surface area (Å²) in [5.74, 6) is -1.70. The van der Waals surface area contributed by atoms with E-state index in [-0.39, 0.29) is 43.0 Å². The molecule has 0 radical (unpaired) electrons. The second-order valence-corrected chi connectivity index (χ2v) is 9.91. The van der Waals surface area contributed by atoms with Crippen molar-refractivity contribution >= 4 is 29.2 Å². The van der Waals surface area contributed by atoms with Crippen molar-refractivity contribution in [2.45, 2.75) is 53.3 Å². The first-order chi connectivity index (χ1) is 16.8. The molecule has 0 aliphatic carbocycles. The number of carboxylic acids is 1. The summed E-state index contributed by atoms with van der Waals surface area (Å²) >= 11 is 5.97. The maximum atomic E-state index is 14.5. The summed E-state index contributed by atoms with van der Waals surface area (Å²) in [6.45, 7) is 6.72. The molecule has 36 heavy (non-hydrogen) atoms. The average molecular weight is 519 g/mol. The van der Waals surface area contributed by atoms with Crippen LogP contribution in [0.25, 0.3) is 0 Å². The van der Waals surface area contributed by atoms with Crippen molar-refractivity contribution in [1.82, 2.24) is 14.1 Å². The van der Waals surface area contributed by atoms with E-state index in [1.807, 2.05) is 0 Å². The number of aliphatic carboxylic acids is 1. The van der Waals surface area contributed by atoms with E-state index in [9.17, 15) is 23.9 Å². The molecule has 2 aromatic carbocycles. The Balaban J connectivity index is 2.06. The van der Waals surface area contributed by atoms with E-state index in [1.165, 1.54) is 16.7 Å². The van der Waals surface area contributed by atoms with Crippen LogP contribution in [0.15, 0.2) is 52.1 Å². The molecular weight excluding hydrogens is 491 g/mol. The Kier molecular flexibility index (Phi) is 8.19. The van der Waals surface area contributed by atoms with Gasteiger partial charge in [0, 0.05) is 23.3 Å². The number of aromatic nitrogens is 3. The third kappa shape index (κ3) is 6.94. The van der Waals surface area contributed by atoms with Crippen molar-refractivity contribution in [3.05, 3.63) is 79.8 Å². The molecule has 0 unspecified atom stereocenters. The molecule has 0 fully saturated rings. The second-order valence-electron chi connectivity index (χ2n) is 9.47. The summed E-state index contributed by atoms with van der Waals surface area (Å²) in [5, 5.41) is 12.6. The van der Waals surface area contributed by atoms with E-state index in [4.69, 9.17) is 16.3 Å². The summed E-state index contributed by atoms with van der Waals surface area (Å²) in [5.41, 5.74) is -1.48. The minimum Gasteiger partial charge on any atom is -0.488 e. The summed E-state index contributed by atoms with van der Waals surface area (Å²) in [6, 6.07) is 10.9. The van der Waals surface area contributed by atoms with Crippen LogP contribution >= 0.6 is 11.6 Å². The SMILES string of the molecule is CC(C)Oc1ccc(Nc2nc(=O)n(CC(C)(C)CC(=O)O)c(=O)n2Cc2ccc(Cl)cc2)cc1F. The molecule has 192 valence electrons. The third-order valence-electron chi connectivity index (χ3n) is 5.17. The van der Waals surface area contributed by atoms with Gasteiger partial charge in [-0.2, -0.15) is 4.98 Å². The van der Waals surface area contributed by atoms with Crippen LogP contribution in [0.3, 0.4) is 0 Å². The predicted octanol–water partition coefficient (Wildman–Crippen LogP) is 4.28. The highest BCUT2D eigenvalue weighted by Crippen LogP contribution is 2.25. The largest absolute Gasteiger partial charge is 0.488 e. The van der Waals surface area contributed by atoms with Gasteiger partial charge < -0.3 is 15.2 Å². The van der Waals surface area contributed by atoms with Crippen LogP contribution in [0.5, 0.6) is 5.75 Å². The number of ether oxygens (including phenoxy) is 1. The Hall–Kier alpha value is -3.66. The Morgan fingerprint density at radius 3 is 2.42 bits per heavy atom. The molecule has 2 N–H and O–H groups in total.